The van der Waals surface area contributed by atoms with Gasteiger partial charge in [0.15, 0.2) is 0 Å². The molecule has 2 aliphatic rings. The number of hydrogen-bond acceptors (Lipinski definition) is 5. The van der Waals surface area contributed by atoms with E-state index < -0.39 is 0 Å². The summed E-state index contributed by atoms with van der Waals surface area (Å²) in [5.74, 6) is 4.27. The van der Waals surface area contributed by atoms with Crippen LogP contribution in [0.1, 0.15) is 50.0 Å². The number of benzene rings is 1. The summed E-state index contributed by atoms with van der Waals surface area (Å²) >= 11 is 1.47. The molecule has 6 heteroatoms. The Hall–Kier alpha value is -2.73. The van der Waals surface area contributed by atoms with Gasteiger partial charge in [-0.2, -0.15) is 0 Å². The number of fused-ring (bicyclic) bond motifs is 2. The van der Waals surface area contributed by atoms with Crippen molar-refractivity contribution in [1.82, 2.24) is 4.57 Å². The van der Waals surface area contributed by atoms with Crippen LogP contribution < -0.4 is 24.2 Å². The van der Waals surface area contributed by atoms with Gasteiger partial charge in [-0.05, 0) is 61.3 Å². The van der Waals surface area contributed by atoms with Crippen molar-refractivity contribution in [3.63, 3.8) is 0 Å². The van der Waals surface area contributed by atoms with Crippen molar-refractivity contribution >= 4 is 24.0 Å². The van der Waals surface area contributed by atoms with E-state index in [0.717, 1.165) is 46.1 Å². The SMILES string of the molecule is C=c1s/c(=C\c2oc(-c3cc(OC)cc(OC)c3)cc2CC)c(=O)n1C1CC2CCC1C2. The molecule has 1 aromatic carbocycles. The highest BCUT2D eigenvalue weighted by Gasteiger charge is 2.41. The zero-order valence-electron chi connectivity index (χ0n) is 18.8. The number of hydrogen-bond donors (Lipinski definition) is 0. The van der Waals surface area contributed by atoms with Gasteiger partial charge in [-0.15, -0.1) is 11.3 Å². The highest BCUT2D eigenvalue weighted by molar-refractivity contribution is 7.07. The van der Waals surface area contributed by atoms with Crippen molar-refractivity contribution < 1.29 is 13.9 Å². The first kappa shape index (κ1) is 21.1. The molecule has 2 heterocycles. The lowest BCUT2D eigenvalue weighted by Gasteiger charge is -2.22. The Morgan fingerprint density at radius 2 is 1.91 bits per heavy atom. The molecule has 3 atom stereocenters. The van der Waals surface area contributed by atoms with Crippen LogP contribution in [-0.4, -0.2) is 18.8 Å². The maximum Gasteiger partial charge on any atom is 0.269 e. The summed E-state index contributed by atoms with van der Waals surface area (Å²) in [7, 11) is 3.26. The van der Waals surface area contributed by atoms with Crippen molar-refractivity contribution in [2.75, 3.05) is 14.2 Å². The molecule has 5 nitrogen and oxygen atoms in total. The van der Waals surface area contributed by atoms with Gasteiger partial charge in [0.1, 0.15) is 23.0 Å². The van der Waals surface area contributed by atoms with Crippen LogP contribution in [0.5, 0.6) is 11.5 Å². The van der Waals surface area contributed by atoms with Crippen LogP contribution in [0.3, 0.4) is 0 Å². The number of ether oxygens (including phenoxy) is 2. The quantitative estimate of drug-likeness (QED) is 0.559. The Kier molecular flexibility index (Phi) is 5.49. The Balaban J connectivity index is 1.56. The Labute approximate surface area is 191 Å². The summed E-state index contributed by atoms with van der Waals surface area (Å²) in [6.45, 7) is 6.30. The molecule has 0 saturated heterocycles. The zero-order valence-corrected chi connectivity index (χ0v) is 19.7. The molecule has 168 valence electrons. The smallest absolute Gasteiger partial charge is 0.269 e. The Bertz CT molecular complexity index is 1290. The molecule has 5 rings (SSSR count). The Morgan fingerprint density at radius 3 is 2.50 bits per heavy atom. The second-order valence-electron chi connectivity index (χ2n) is 8.88. The fraction of sp³-hybridized carbons (Fsp3) is 0.423. The van der Waals surface area contributed by atoms with Crippen molar-refractivity contribution in [1.29, 1.82) is 0 Å². The molecule has 0 amide bonds. The molecule has 2 aromatic heterocycles. The van der Waals surface area contributed by atoms with E-state index in [1.54, 1.807) is 14.2 Å². The van der Waals surface area contributed by atoms with Gasteiger partial charge >= 0.3 is 0 Å². The molecule has 3 unspecified atom stereocenters. The highest BCUT2D eigenvalue weighted by Crippen LogP contribution is 2.49. The van der Waals surface area contributed by atoms with Crippen LogP contribution in [0.4, 0.5) is 0 Å². The van der Waals surface area contributed by atoms with Gasteiger partial charge in [0.2, 0.25) is 0 Å². The molecular weight excluding hydrogens is 422 g/mol. The van der Waals surface area contributed by atoms with Crippen molar-refractivity contribution in [3.8, 4) is 22.8 Å². The van der Waals surface area contributed by atoms with Crippen LogP contribution in [0.2, 0.25) is 0 Å². The second kappa shape index (κ2) is 8.32. The molecule has 2 saturated carbocycles. The van der Waals surface area contributed by atoms with Crippen LogP contribution in [-0.2, 0) is 6.42 Å². The lowest BCUT2D eigenvalue weighted by Crippen LogP contribution is -2.36. The first-order valence-corrected chi connectivity index (χ1v) is 12.1. The molecule has 32 heavy (non-hydrogen) atoms. The third-order valence-electron chi connectivity index (χ3n) is 7.08. The van der Waals surface area contributed by atoms with Crippen molar-refractivity contribution in [3.05, 3.63) is 55.1 Å². The van der Waals surface area contributed by atoms with E-state index in [2.05, 4.69) is 13.5 Å². The van der Waals surface area contributed by atoms with Gasteiger partial charge in [-0.1, -0.05) is 19.9 Å². The standard InChI is InChI=1S/C26H29NO4S/c1-5-17-12-23(19-10-20(29-3)13-21(11-19)30-4)31-24(17)14-25-26(28)27(15(2)32-25)22-9-16-6-7-18(22)8-16/h10-14,16,18,22H,2,5-9H2,1,3-4H3/b25-14-. The number of nitrogens with zero attached hydrogens (tertiary/aromatic N) is 1. The highest BCUT2D eigenvalue weighted by atomic mass is 32.1. The van der Waals surface area contributed by atoms with Gasteiger partial charge in [0, 0.05) is 23.7 Å². The fourth-order valence-corrected chi connectivity index (χ4v) is 6.38. The third-order valence-corrected chi connectivity index (χ3v) is 8.02. The minimum Gasteiger partial charge on any atom is -0.497 e. The molecule has 3 aromatic rings. The number of aromatic nitrogens is 1. The molecule has 2 fully saturated rings. The van der Waals surface area contributed by atoms with E-state index in [9.17, 15) is 4.79 Å². The maximum absolute atomic E-state index is 13.3. The van der Waals surface area contributed by atoms with Crippen LogP contribution >= 0.6 is 11.3 Å². The van der Waals surface area contributed by atoms with E-state index in [4.69, 9.17) is 13.9 Å². The molecule has 2 aliphatic carbocycles. The summed E-state index contributed by atoms with van der Waals surface area (Å²) in [4.78, 5) is 13.3. The summed E-state index contributed by atoms with van der Waals surface area (Å²) < 4.78 is 20.5. The molecule has 0 radical (unpaired) electrons. The summed E-state index contributed by atoms with van der Waals surface area (Å²) in [6.07, 6.45) is 7.63. The number of furan rings is 1. The van der Waals surface area contributed by atoms with Gasteiger partial charge in [-0.25, -0.2) is 0 Å². The average molecular weight is 452 g/mol. The van der Waals surface area contributed by atoms with Gasteiger partial charge in [-0.3, -0.25) is 9.36 Å². The number of thiazole rings is 1. The van der Waals surface area contributed by atoms with Crippen LogP contribution in [0, 0.1) is 11.8 Å². The Morgan fingerprint density at radius 1 is 1.16 bits per heavy atom. The largest absolute Gasteiger partial charge is 0.497 e. The minimum atomic E-state index is 0.0700. The summed E-state index contributed by atoms with van der Waals surface area (Å²) in [5.41, 5.74) is 2.01. The first-order chi connectivity index (χ1) is 15.5. The number of methoxy groups -OCH3 is 2. The van der Waals surface area contributed by atoms with Gasteiger partial charge in [0.05, 0.1) is 23.4 Å². The molecule has 0 aliphatic heterocycles. The lowest BCUT2D eigenvalue weighted by molar-refractivity contribution is 0.321. The zero-order chi connectivity index (χ0) is 22.4. The normalized spacial score (nSPS) is 22.6. The topological polar surface area (TPSA) is 53.6 Å². The van der Waals surface area contributed by atoms with Crippen molar-refractivity contribution in [2.24, 2.45) is 11.8 Å². The third kappa shape index (κ3) is 3.60. The minimum absolute atomic E-state index is 0.0700. The van der Waals surface area contributed by atoms with Crippen LogP contribution in [0.25, 0.3) is 24.0 Å². The van der Waals surface area contributed by atoms with Crippen molar-refractivity contribution in [2.45, 2.75) is 45.1 Å². The fourth-order valence-electron chi connectivity index (χ4n) is 5.46. The summed E-state index contributed by atoms with van der Waals surface area (Å²) in [5, 5.41) is 0. The predicted molar refractivity (Wildman–Crippen MR) is 128 cm³/mol. The number of aryl methyl sites for hydroxylation is 1. The molecule has 2 bridgehead atoms. The first-order valence-electron chi connectivity index (χ1n) is 11.3. The van der Waals surface area contributed by atoms with Gasteiger partial charge in [0.25, 0.3) is 5.56 Å². The molecule has 0 N–H and O–H groups in total. The van der Waals surface area contributed by atoms with Crippen LogP contribution in [0.15, 0.2) is 33.5 Å². The van der Waals surface area contributed by atoms with E-state index in [1.807, 2.05) is 34.9 Å². The van der Waals surface area contributed by atoms with E-state index in [0.29, 0.717) is 28.0 Å². The maximum atomic E-state index is 13.3. The lowest BCUT2D eigenvalue weighted by atomic mass is 9.95. The van der Waals surface area contributed by atoms with E-state index in [-0.39, 0.29) is 5.56 Å². The van der Waals surface area contributed by atoms with E-state index in [1.165, 1.54) is 30.6 Å². The van der Waals surface area contributed by atoms with E-state index >= 15 is 0 Å². The monoisotopic (exact) mass is 451 g/mol. The summed E-state index contributed by atoms with van der Waals surface area (Å²) in [6, 6.07) is 8.03. The molecule has 0 spiro atoms. The predicted octanol–water partition coefficient (Wildman–Crippen LogP) is 4.35. The van der Waals surface area contributed by atoms with Gasteiger partial charge < -0.3 is 13.9 Å². The number of rotatable bonds is 6. The second-order valence-corrected chi connectivity index (χ2v) is 9.99. The molecular formula is C26H29NO4S. The average Bonchev–Trinajstić information content (AvgIpc) is 3.58.